The predicted molar refractivity (Wildman–Crippen MR) is 127 cm³/mol. The topological polar surface area (TPSA) is 42.0 Å². The molecule has 8 heteroatoms. The van der Waals surface area contributed by atoms with Crippen molar-refractivity contribution < 1.29 is 14.4 Å². The number of amides is 1. The zero-order valence-corrected chi connectivity index (χ0v) is 19.4. The van der Waals surface area contributed by atoms with Crippen molar-refractivity contribution in [1.29, 1.82) is 0 Å². The van der Waals surface area contributed by atoms with Crippen LogP contribution in [-0.2, 0) is 6.42 Å². The highest BCUT2D eigenvalue weighted by Crippen LogP contribution is 2.38. The van der Waals surface area contributed by atoms with Crippen molar-refractivity contribution in [3.8, 4) is 21.9 Å². The molecule has 1 fully saturated rings. The second-order valence-electron chi connectivity index (χ2n) is 7.39. The number of halogens is 2. The summed E-state index contributed by atoms with van der Waals surface area (Å²) < 4.78 is 5.52. The fourth-order valence-corrected chi connectivity index (χ4v) is 4.96. The van der Waals surface area contributed by atoms with Crippen molar-refractivity contribution in [2.45, 2.75) is 12.8 Å². The molecule has 0 aliphatic carbocycles. The number of fused-ring (bicyclic) bond motifs is 1. The first kappa shape index (κ1) is 22.0. The third-order valence-electron chi connectivity index (χ3n) is 5.48. The van der Waals surface area contributed by atoms with Crippen molar-refractivity contribution in [2.24, 2.45) is 0 Å². The minimum atomic E-state index is 0. The van der Waals surface area contributed by atoms with Crippen LogP contribution in [0.3, 0.4) is 0 Å². The van der Waals surface area contributed by atoms with Gasteiger partial charge in [-0.1, -0.05) is 23.7 Å². The number of methoxy groups -OCH3 is 1. The van der Waals surface area contributed by atoms with E-state index >= 15 is 0 Å². The minimum absolute atomic E-state index is 0. The molecule has 3 aromatic rings. The van der Waals surface area contributed by atoms with Gasteiger partial charge in [-0.3, -0.25) is 4.79 Å². The molecule has 0 saturated carbocycles. The van der Waals surface area contributed by atoms with Crippen molar-refractivity contribution >= 4 is 46.9 Å². The van der Waals surface area contributed by atoms with E-state index in [2.05, 4.69) is 6.07 Å². The second-order valence-corrected chi connectivity index (χ2v) is 8.88. The number of hydroxylamine groups is 2. The van der Waals surface area contributed by atoms with E-state index in [1.165, 1.54) is 11.3 Å². The van der Waals surface area contributed by atoms with Gasteiger partial charge in [0.2, 0.25) is 0 Å². The number of carbonyl (C=O) groups is 1. The number of thiophene rings is 1. The maximum atomic E-state index is 13.3. The van der Waals surface area contributed by atoms with Gasteiger partial charge in [0.1, 0.15) is 0 Å². The molecule has 5 rings (SSSR count). The Labute approximate surface area is 196 Å². The van der Waals surface area contributed by atoms with Crippen LogP contribution in [0.15, 0.2) is 48.5 Å². The Kier molecular flexibility index (Phi) is 6.44. The maximum Gasteiger partial charge on any atom is 0.268 e. The van der Waals surface area contributed by atoms with Gasteiger partial charge >= 0.3 is 0 Å². The fraction of sp³-hybridized carbons (Fsp3) is 0.261. The van der Waals surface area contributed by atoms with Crippen LogP contribution >= 0.6 is 35.3 Å². The van der Waals surface area contributed by atoms with E-state index in [1.807, 2.05) is 52.4 Å². The molecular formula is C23H22Cl2N2O3S. The van der Waals surface area contributed by atoms with Gasteiger partial charge in [-0.2, -0.15) is 0 Å². The molecule has 2 aliphatic heterocycles. The Morgan fingerprint density at radius 2 is 1.77 bits per heavy atom. The van der Waals surface area contributed by atoms with Crippen LogP contribution in [0.1, 0.15) is 21.7 Å². The highest BCUT2D eigenvalue weighted by atomic mass is 35.5. The highest BCUT2D eigenvalue weighted by Gasteiger charge is 2.29. The lowest BCUT2D eigenvalue weighted by Crippen LogP contribution is -2.39. The smallest absolute Gasteiger partial charge is 0.268 e. The highest BCUT2D eigenvalue weighted by molar-refractivity contribution is 7.17. The molecule has 0 atom stereocenters. The lowest BCUT2D eigenvalue weighted by molar-refractivity contribution is -0.108. The van der Waals surface area contributed by atoms with Crippen molar-refractivity contribution in [3.05, 3.63) is 64.0 Å². The van der Waals surface area contributed by atoms with Crippen LogP contribution in [0, 0.1) is 0 Å². The molecule has 0 bridgehead atoms. The fourth-order valence-electron chi connectivity index (χ4n) is 3.67. The Morgan fingerprint density at radius 1 is 1.00 bits per heavy atom. The zero-order chi connectivity index (χ0) is 20.7. The summed E-state index contributed by atoms with van der Waals surface area (Å²) in [6, 6.07) is 15.5. The van der Waals surface area contributed by atoms with E-state index in [0.29, 0.717) is 23.1 Å². The van der Waals surface area contributed by atoms with Gasteiger partial charge in [0.25, 0.3) is 5.91 Å². The van der Waals surface area contributed by atoms with Crippen molar-refractivity contribution in [2.75, 3.05) is 31.6 Å². The summed E-state index contributed by atoms with van der Waals surface area (Å²) in [7, 11) is 1.62. The van der Waals surface area contributed by atoms with Gasteiger partial charge in [-0.15, -0.1) is 28.8 Å². The molecule has 0 radical (unpaired) electrons. The lowest BCUT2D eigenvalue weighted by atomic mass is 10.1. The Hall–Kier alpha value is -2.25. The molecule has 1 saturated heterocycles. The zero-order valence-electron chi connectivity index (χ0n) is 17.0. The molecule has 0 N–H and O–H groups in total. The van der Waals surface area contributed by atoms with Gasteiger partial charge in [0.15, 0.2) is 11.5 Å². The number of benzene rings is 2. The first-order valence-corrected chi connectivity index (χ1v) is 11.1. The predicted octanol–water partition coefficient (Wildman–Crippen LogP) is 5.70. The van der Waals surface area contributed by atoms with Crippen LogP contribution in [-0.4, -0.2) is 37.7 Å². The van der Waals surface area contributed by atoms with Crippen LogP contribution in [0.4, 0.5) is 5.69 Å². The number of rotatable bonds is 5. The van der Waals surface area contributed by atoms with Gasteiger partial charge in [-0.05, 0) is 54.3 Å². The van der Waals surface area contributed by atoms with E-state index in [1.54, 1.807) is 7.11 Å². The number of ether oxygens (including phenoxy) is 1. The molecule has 2 aromatic carbocycles. The first-order valence-electron chi connectivity index (χ1n) is 9.94. The summed E-state index contributed by atoms with van der Waals surface area (Å²) >= 11 is 7.54. The Bertz CT molecular complexity index is 1100. The van der Waals surface area contributed by atoms with Crippen LogP contribution < -0.4 is 14.5 Å². The second kappa shape index (κ2) is 9.09. The van der Waals surface area contributed by atoms with Crippen LogP contribution in [0.2, 0.25) is 5.02 Å². The van der Waals surface area contributed by atoms with Crippen LogP contribution in [0.25, 0.3) is 10.4 Å². The molecule has 5 nitrogen and oxygen atoms in total. The molecule has 0 spiro atoms. The van der Waals surface area contributed by atoms with Gasteiger partial charge < -0.3 is 14.5 Å². The number of carbonyl (C=O) groups excluding carboxylic acids is 1. The van der Waals surface area contributed by atoms with E-state index in [9.17, 15) is 4.79 Å². The molecule has 162 valence electrons. The molecule has 3 heterocycles. The normalized spacial score (nSPS) is 15.7. The summed E-state index contributed by atoms with van der Waals surface area (Å²) in [5, 5.41) is 2.61. The number of nitrogens with zero attached hydrogens (tertiary/aromatic N) is 2. The summed E-state index contributed by atoms with van der Waals surface area (Å²) in [4.78, 5) is 22.8. The summed E-state index contributed by atoms with van der Waals surface area (Å²) in [6.45, 7) is 2.48. The molecule has 31 heavy (non-hydrogen) atoms. The van der Waals surface area contributed by atoms with E-state index in [4.69, 9.17) is 21.2 Å². The quantitative estimate of drug-likeness (QED) is 0.473. The standard InChI is InChI=1S/C23H21ClN2O3S.ClH/c1-28-20-14-18(7-8-19(20)29-25-10-2-11-25)26-12-9-16-13-21(30-22(16)23(26)27)15-3-5-17(24)6-4-15;/h3-8,13-14H,2,9-12H2,1H3;1H. The Balaban J connectivity index is 0.00000231. The van der Waals surface area contributed by atoms with Crippen molar-refractivity contribution in [3.63, 3.8) is 0 Å². The van der Waals surface area contributed by atoms with Crippen molar-refractivity contribution in [1.82, 2.24) is 5.06 Å². The summed E-state index contributed by atoms with van der Waals surface area (Å²) in [5.41, 5.74) is 3.00. The number of hydrogen-bond donors (Lipinski definition) is 0. The molecule has 1 amide bonds. The largest absolute Gasteiger partial charge is 0.493 e. The first-order chi connectivity index (χ1) is 14.6. The monoisotopic (exact) mass is 476 g/mol. The van der Waals surface area contributed by atoms with E-state index < -0.39 is 0 Å². The minimum Gasteiger partial charge on any atom is -0.493 e. The molecule has 1 aromatic heterocycles. The van der Waals surface area contributed by atoms with E-state index in [-0.39, 0.29) is 18.3 Å². The Morgan fingerprint density at radius 3 is 2.45 bits per heavy atom. The molecular weight excluding hydrogens is 455 g/mol. The third kappa shape index (κ3) is 4.26. The molecule has 0 unspecified atom stereocenters. The summed E-state index contributed by atoms with van der Waals surface area (Å²) in [6.07, 6.45) is 1.96. The van der Waals surface area contributed by atoms with Gasteiger partial charge in [0.05, 0.1) is 12.0 Å². The molecule has 2 aliphatic rings. The number of hydrogen-bond acceptors (Lipinski definition) is 5. The average Bonchev–Trinajstić information content (AvgIpc) is 3.17. The number of anilines is 1. The maximum absolute atomic E-state index is 13.3. The lowest BCUT2D eigenvalue weighted by Gasteiger charge is -2.31. The average molecular weight is 477 g/mol. The van der Waals surface area contributed by atoms with E-state index in [0.717, 1.165) is 52.5 Å². The third-order valence-corrected chi connectivity index (χ3v) is 6.95. The summed E-state index contributed by atoms with van der Waals surface area (Å²) in [5.74, 6) is 1.33. The van der Waals surface area contributed by atoms with Gasteiger partial charge in [-0.25, -0.2) is 0 Å². The van der Waals surface area contributed by atoms with Crippen LogP contribution in [0.5, 0.6) is 11.5 Å². The SMILES string of the molecule is COc1cc(N2CCc3cc(-c4ccc(Cl)cc4)sc3C2=O)ccc1ON1CCC1.Cl. The van der Waals surface area contributed by atoms with Gasteiger partial charge in [0, 0.05) is 41.3 Å².